The van der Waals surface area contributed by atoms with Crippen molar-refractivity contribution in [2.45, 2.75) is 32.4 Å². The fourth-order valence-corrected chi connectivity index (χ4v) is 4.83. The molecule has 1 amide bonds. The number of nitrogens with one attached hydrogen (secondary N) is 1. The van der Waals surface area contributed by atoms with Gasteiger partial charge in [0.2, 0.25) is 17.6 Å². The van der Waals surface area contributed by atoms with Gasteiger partial charge in [-0.3, -0.25) is 14.2 Å². The standard InChI is InChI=1S/C21H21N7O3S/c1-12-23-16(26-31-12)17-25-19-15(20(30)27(17)2)24-21(32-19)28-10-6-9-14(28)18(29)22-11-13-7-4-3-5-8-13/h3-5,7-8,14H,6,9-11H2,1-2H3,(H,22,29). The highest BCUT2D eigenvalue weighted by Gasteiger charge is 2.33. The van der Waals surface area contributed by atoms with Crippen LogP contribution in [0.1, 0.15) is 24.3 Å². The Morgan fingerprint density at radius 2 is 2.06 bits per heavy atom. The summed E-state index contributed by atoms with van der Waals surface area (Å²) < 4.78 is 6.39. The average Bonchev–Trinajstić information content (AvgIpc) is 3.54. The topological polar surface area (TPSA) is 119 Å². The van der Waals surface area contributed by atoms with Crippen LogP contribution >= 0.6 is 11.3 Å². The normalized spacial score (nSPS) is 16.1. The third-order valence-corrected chi connectivity index (χ3v) is 6.45. The van der Waals surface area contributed by atoms with E-state index in [2.05, 4.69) is 25.4 Å². The molecule has 0 bridgehead atoms. The van der Waals surface area contributed by atoms with E-state index in [1.807, 2.05) is 35.2 Å². The number of aromatic nitrogens is 5. The molecule has 4 heterocycles. The minimum absolute atomic E-state index is 0.0468. The molecule has 1 aliphatic heterocycles. The van der Waals surface area contributed by atoms with E-state index in [0.29, 0.717) is 34.8 Å². The molecule has 32 heavy (non-hydrogen) atoms. The lowest BCUT2D eigenvalue weighted by Gasteiger charge is -2.23. The van der Waals surface area contributed by atoms with Gasteiger partial charge >= 0.3 is 0 Å². The van der Waals surface area contributed by atoms with Gasteiger partial charge in [0.05, 0.1) is 0 Å². The van der Waals surface area contributed by atoms with E-state index in [-0.39, 0.29) is 28.8 Å². The molecule has 1 aromatic carbocycles. The highest BCUT2D eigenvalue weighted by molar-refractivity contribution is 7.21. The molecule has 164 valence electrons. The number of fused-ring (bicyclic) bond motifs is 1. The average molecular weight is 452 g/mol. The number of hydrogen-bond acceptors (Lipinski definition) is 9. The molecule has 0 radical (unpaired) electrons. The Balaban J connectivity index is 1.42. The number of thiazole rings is 1. The summed E-state index contributed by atoms with van der Waals surface area (Å²) in [4.78, 5) is 41.5. The zero-order valence-electron chi connectivity index (χ0n) is 17.6. The molecule has 11 heteroatoms. The summed E-state index contributed by atoms with van der Waals surface area (Å²) in [6, 6.07) is 9.46. The number of rotatable bonds is 5. The number of nitrogens with zero attached hydrogens (tertiary/aromatic N) is 6. The van der Waals surface area contributed by atoms with E-state index in [1.165, 1.54) is 15.9 Å². The molecule has 1 fully saturated rings. The molecular formula is C21H21N7O3S. The highest BCUT2D eigenvalue weighted by Crippen LogP contribution is 2.32. The maximum absolute atomic E-state index is 12.9. The number of benzene rings is 1. The zero-order chi connectivity index (χ0) is 22.2. The number of hydrogen-bond donors (Lipinski definition) is 1. The molecule has 1 aliphatic rings. The minimum Gasteiger partial charge on any atom is -0.350 e. The van der Waals surface area contributed by atoms with Gasteiger partial charge in [-0.1, -0.05) is 46.8 Å². The van der Waals surface area contributed by atoms with Gasteiger partial charge in [-0.2, -0.15) is 4.98 Å². The maximum Gasteiger partial charge on any atom is 0.281 e. The molecule has 0 saturated carbocycles. The first-order valence-corrected chi connectivity index (χ1v) is 11.1. The summed E-state index contributed by atoms with van der Waals surface area (Å²) in [6.07, 6.45) is 1.60. The SMILES string of the molecule is Cc1nc(-c2nc3sc(N4CCCC4C(=O)NCc4ccccc4)nc3c(=O)n2C)no1. The second-order valence-corrected chi connectivity index (χ2v) is 8.60. The van der Waals surface area contributed by atoms with Gasteiger partial charge in [-0.05, 0) is 18.4 Å². The largest absolute Gasteiger partial charge is 0.350 e. The van der Waals surface area contributed by atoms with Crippen LogP contribution in [-0.4, -0.2) is 43.2 Å². The number of anilines is 1. The van der Waals surface area contributed by atoms with E-state index >= 15 is 0 Å². The Morgan fingerprint density at radius 3 is 2.81 bits per heavy atom. The molecule has 1 N–H and O–H groups in total. The molecule has 1 atom stereocenters. The summed E-state index contributed by atoms with van der Waals surface area (Å²) in [5.41, 5.74) is 1.02. The molecule has 4 aromatic rings. The number of carbonyl (C=O) groups is 1. The van der Waals surface area contributed by atoms with Gasteiger partial charge in [0.15, 0.2) is 21.3 Å². The van der Waals surface area contributed by atoms with Crippen LogP contribution in [0.15, 0.2) is 39.6 Å². The van der Waals surface area contributed by atoms with Crippen molar-refractivity contribution in [1.29, 1.82) is 0 Å². The Kier molecular flexibility index (Phi) is 5.17. The smallest absolute Gasteiger partial charge is 0.281 e. The van der Waals surface area contributed by atoms with Gasteiger partial charge in [-0.25, -0.2) is 9.97 Å². The quantitative estimate of drug-likeness (QED) is 0.490. The summed E-state index contributed by atoms with van der Waals surface area (Å²) in [6.45, 7) is 2.84. The van der Waals surface area contributed by atoms with E-state index in [0.717, 1.165) is 18.4 Å². The fourth-order valence-electron chi connectivity index (χ4n) is 3.83. The van der Waals surface area contributed by atoms with Crippen LogP contribution in [0.5, 0.6) is 0 Å². The lowest BCUT2D eigenvalue weighted by atomic mass is 10.2. The lowest BCUT2D eigenvalue weighted by molar-refractivity contribution is -0.122. The van der Waals surface area contributed by atoms with Crippen molar-refractivity contribution in [2.24, 2.45) is 7.05 Å². The molecule has 3 aromatic heterocycles. The van der Waals surface area contributed by atoms with Crippen LogP contribution in [-0.2, 0) is 18.4 Å². The van der Waals surface area contributed by atoms with Gasteiger partial charge in [0, 0.05) is 27.1 Å². The third-order valence-electron chi connectivity index (χ3n) is 5.47. The van der Waals surface area contributed by atoms with Crippen molar-refractivity contribution in [3.63, 3.8) is 0 Å². The van der Waals surface area contributed by atoms with Crippen molar-refractivity contribution >= 4 is 32.7 Å². The second-order valence-electron chi connectivity index (χ2n) is 7.64. The van der Waals surface area contributed by atoms with Gasteiger partial charge in [0.1, 0.15) is 6.04 Å². The maximum atomic E-state index is 12.9. The molecule has 0 aliphatic carbocycles. The number of aryl methyl sites for hydroxylation is 1. The van der Waals surface area contributed by atoms with Crippen molar-refractivity contribution in [2.75, 3.05) is 11.4 Å². The first kappa shape index (κ1) is 20.3. The third kappa shape index (κ3) is 3.64. The van der Waals surface area contributed by atoms with Crippen LogP contribution in [0.25, 0.3) is 22.0 Å². The molecular weight excluding hydrogens is 430 g/mol. The van der Waals surface area contributed by atoms with E-state index in [4.69, 9.17) is 4.52 Å². The first-order valence-electron chi connectivity index (χ1n) is 10.3. The van der Waals surface area contributed by atoms with Crippen LogP contribution in [0.4, 0.5) is 5.13 Å². The van der Waals surface area contributed by atoms with Crippen LogP contribution in [0.2, 0.25) is 0 Å². The lowest BCUT2D eigenvalue weighted by Crippen LogP contribution is -2.43. The number of amides is 1. The van der Waals surface area contributed by atoms with E-state index in [9.17, 15) is 9.59 Å². The summed E-state index contributed by atoms with van der Waals surface area (Å²) >= 11 is 1.29. The van der Waals surface area contributed by atoms with Crippen LogP contribution in [0, 0.1) is 6.92 Å². The zero-order valence-corrected chi connectivity index (χ0v) is 18.4. The second kappa shape index (κ2) is 8.15. The highest BCUT2D eigenvalue weighted by atomic mass is 32.1. The first-order chi connectivity index (χ1) is 15.5. The van der Waals surface area contributed by atoms with E-state index < -0.39 is 0 Å². The van der Waals surface area contributed by atoms with Crippen LogP contribution in [0.3, 0.4) is 0 Å². The fraction of sp³-hybridized carbons (Fsp3) is 0.333. The Hall–Kier alpha value is -3.60. The summed E-state index contributed by atoms with van der Waals surface area (Å²) in [7, 11) is 1.60. The predicted octanol–water partition coefficient (Wildman–Crippen LogP) is 2.03. The molecule has 1 saturated heterocycles. The Bertz CT molecular complexity index is 1340. The molecule has 5 rings (SSSR count). The van der Waals surface area contributed by atoms with E-state index in [1.54, 1.807) is 14.0 Å². The summed E-state index contributed by atoms with van der Waals surface area (Å²) in [5, 5.41) is 7.50. The number of carbonyl (C=O) groups excluding carboxylic acids is 1. The van der Waals surface area contributed by atoms with Gasteiger partial charge in [0.25, 0.3) is 5.56 Å². The predicted molar refractivity (Wildman–Crippen MR) is 119 cm³/mol. The molecule has 0 spiro atoms. The van der Waals surface area contributed by atoms with Crippen molar-refractivity contribution in [3.05, 3.63) is 52.1 Å². The van der Waals surface area contributed by atoms with Crippen molar-refractivity contribution in [3.8, 4) is 11.6 Å². The Morgan fingerprint density at radius 1 is 1.25 bits per heavy atom. The summed E-state index contributed by atoms with van der Waals surface area (Å²) in [5.74, 6) is 0.904. The van der Waals surface area contributed by atoms with Crippen molar-refractivity contribution < 1.29 is 9.32 Å². The Labute approximate surface area is 186 Å². The van der Waals surface area contributed by atoms with Crippen molar-refractivity contribution in [1.82, 2.24) is 30.0 Å². The minimum atomic E-state index is -0.331. The molecule has 10 nitrogen and oxygen atoms in total. The van der Waals surface area contributed by atoms with Gasteiger partial charge in [-0.15, -0.1) is 0 Å². The van der Waals surface area contributed by atoms with Gasteiger partial charge < -0.3 is 14.7 Å². The molecule has 1 unspecified atom stereocenters. The van der Waals surface area contributed by atoms with Crippen LogP contribution < -0.4 is 15.8 Å². The monoisotopic (exact) mass is 451 g/mol.